The summed E-state index contributed by atoms with van der Waals surface area (Å²) in [4.78, 5) is 18.1. The van der Waals surface area contributed by atoms with Gasteiger partial charge >= 0.3 is 0 Å². The van der Waals surface area contributed by atoms with Crippen LogP contribution in [0, 0.1) is 5.82 Å². The van der Waals surface area contributed by atoms with Crippen LogP contribution in [0.2, 0.25) is 0 Å². The van der Waals surface area contributed by atoms with Crippen LogP contribution in [0.15, 0.2) is 59.1 Å². The Labute approximate surface area is 155 Å². The monoisotopic (exact) mass is 371 g/mol. The van der Waals surface area contributed by atoms with Crippen molar-refractivity contribution in [2.24, 2.45) is 0 Å². The Morgan fingerprint density at radius 2 is 1.88 bits per heavy atom. The van der Waals surface area contributed by atoms with Crippen LogP contribution in [0.5, 0.6) is 0 Å². The third-order valence-electron chi connectivity index (χ3n) is 3.74. The van der Waals surface area contributed by atoms with Crippen LogP contribution >= 0.6 is 11.8 Å². The van der Waals surface area contributed by atoms with Crippen LogP contribution in [0.25, 0.3) is 11.4 Å². The zero-order valence-electron chi connectivity index (χ0n) is 14.3. The number of rotatable bonds is 7. The Balaban J connectivity index is 1.50. The Hall–Kier alpha value is -2.67. The van der Waals surface area contributed by atoms with Gasteiger partial charge in [-0.1, -0.05) is 53.7 Å². The van der Waals surface area contributed by atoms with E-state index in [0.717, 1.165) is 5.56 Å². The molecule has 3 rings (SSSR count). The molecular formula is C19H18FN3O2S. The van der Waals surface area contributed by atoms with Crippen molar-refractivity contribution in [3.8, 4) is 11.4 Å². The summed E-state index contributed by atoms with van der Waals surface area (Å²) >= 11 is 1.37. The van der Waals surface area contributed by atoms with Crippen LogP contribution in [0.4, 0.5) is 4.39 Å². The fraction of sp³-hybridized carbons (Fsp3) is 0.211. The molecule has 0 bridgehead atoms. The lowest BCUT2D eigenvalue weighted by atomic mass is 10.2. The van der Waals surface area contributed by atoms with E-state index in [9.17, 15) is 9.18 Å². The molecule has 5 nitrogen and oxygen atoms in total. The van der Waals surface area contributed by atoms with Crippen LogP contribution in [-0.2, 0) is 17.1 Å². The van der Waals surface area contributed by atoms with E-state index in [1.807, 2.05) is 30.3 Å². The molecule has 1 aromatic heterocycles. The molecule has 0 aliphatic rings. The molecule has 0 saturated carbocycles. The van der Waals surface area contributed by atoms with Gasteiger partial charge in [-0.15, -0.1) is 11.8 Å². The quantitative estimate of drug-likeness (QED) is 0.633. The first-order valence-electron chi connectivity index (χ1n) is 8.06. The fourth-order valence-corrected chi connectivity index (χ4v) is 3.24. The van der Waals surface area contributed by atoms with Gasteiger partial charge in [-0.2, -0.15) is 4.98 Å². The minimum absolute atomic E-state index is 0.0780. The Kier molecular flexibility index (Phi) is 6.01. The van der Waals surface area contributed by atoms with Gasteiger partial charge in [0, 0.05) is 18.4 Å². The summed E-state index contributed by atoms with van der Waals surface area (Å²) in [5, 5.41) is 3.94. The van der Waals surface area contributed by atoms with Crippen molar-refractivity contribution in [3.05, 3.63) is 71.9 Å². The van der Waals surface area contributed by atoms with Crippen molar-refractivity contribution in [2.45, 2.75) is 12.3 Å². The molecule has 0 unspecified atom stereocenters. The number of aromatic nitrogens is 2. The molecular weight excluding hydrogens is 353 g/mol. The first kappa shape index (κ1) is 18.1. The van der Waals surface area contributed by atoms with Crippen LogP contribution in [0.3, 0.4) is 0 Å². The number of hydrogen-bond donors (Lipinski definition) is 0. The second-order valence-corrected chi connectivity index (χ2v) is 6.70. The highest BCUT2D eigenvalue weighted by atomic mass is 32.2. The second kappa shape index (κ2) is 8.62. The van der Waals surface area contributed by atoms with Gasteiger partial charge in [0.05, 0.1) is 12.3 Å². The van der Waals surface area contributed by atoms with Crippen molar-refractivity contribution in [2.75, 3.05) is 12.8 Å². The van der Waals surface area contributed by atoms with E-state index in [1.54, 1.807) is 25.2 Å². The zero-order chi connectivity index (χ0) is 18.4. The highest BCUT2D eigenvalue weighted by molar-refractivity contribution is 7.99. The summed E-state index contributed by atoms with van der Waals surface area (Å²) in [6, 6.07) is 16.1. The molecule has 3 aromatic rings. The maximum absolute atomic E-state index is 13.6. The van der Waals surface area contributed by atoms with E-state index >= 15 is 0 Å². The molecule has 7 heteroatoms. The largest absolute Gasteiger partial charge is 0.337 e. The number of hydrogen-bond acceptors (Lipinski definition) is 5. The molecule has 0 atom stereocenters. The molecule has 0 radical (unpaired) electrons. The van der Waals surface area contributed by atoms with Gasteiger partial charge in [0.2, 0.25) is 17.6 Å². The fourth-order valence-electron chi connectivity index (χ4n) is 2.29. The molecule has 0 aliphatic heterocycles. The smallest absolute Gasteiger partial charge is 0.246 e. The summed E-state index contributed by atoms with van der Waals surface area (Å²) in [7, 11) is 1.68. The van der Waals surface area contributed by atoms with E-state index in [0.29, 0.717) is 23.0 Å². The Morgan fingerprint density at radius 3 is 2.65 bits per heavy atom. The topological polar surface area (TPSA) is 59.2 Å². The lowest BCUT2D eigenvalue weighted by Gasteiger charge is -2.14. The number of thioether (sulfide) groups is 1. The van der Waals surface area contributed by atoms with E-state index in [4.69, 9.17) is 4.52 Å². The summed E-state index contributed by atoms with van der Waals surface area (Å²) in [5.74, 6) is 1.25. The SMILES string of the molecule is CN(Cc1nc(-c2ccccc2)no1)C(=O)CSCc1ccccc1F. The molecule has 26 heavy (non-hydrogen) atoms. The summed E-state index contributed by atoms with van der Waals surface area (Å²) in [6.07, 6.45) is 0. The van der Waals surface area contributed by atoms with E-state index < -0.39 is 0 Å². The lowest BCUT2D eigenvalue weighted by molar-refractivity contribution is -0.127. The maximum atomic E-state index is 13.6. The molecule has 134 valence electrons. The normalized spacial score (nSPS) is 10.7. The number of carbonyl (C=O) groups excluding carboxylic acids is 1. The molecule has 1 heterocycles. The standard InChI is InChI=1S/C19H18FN3O2S/c1-23(18(24)13-26-12-15-9-5-6-10-16(15)20)11-17-21-19(22-25-17)14-7-3-2-4-8-14/h2-10H,11-13H2,1H3. The maximum Gasteiger partial charge on any atom is 0.246 e. The van der Waals surface area contributed by atoms with Crippen molar-refractivity contribution in [1.29, 1.82) is 0 Å². The number of halogens is 1. The number of benzene rings is 2. The van der Waals surface area contributed by atoms with Crippen molar-refractivity contribution < 1.29 is 13.7 Å². The first-order chi connectivity index (χ1) is 12.6. The van der Waals surface area contributed by atoms with Crippen LogP contribution < -0.4 is 0 Å². The molecule has 0 fully saturated rings. The Morgan fingerprint density at radius 1 is 1.15 bits per heavy atom. The highest BCUT2D eigenvalue weighted by Crippen LogP contribution is 2.17. The van der Waals surface area contributed by atoms with E-state index in [2.05, 4.69) is 10.1 Å². The number of amides is 1. The summed E-state index contributed by atoms with van der Waals surface area (Å²) < 4.78 is 18.8. The highest BCUT2D eigenvalue weighted by Gasteiger charge is 2.15. The molecule has 0 aliphatic carbocycles. The van der Waals surface area contributed by atoms with Gasteiger partial charge in [-0.3, -0.25) is 4.79 Å². The van der Waals surface area contributed by atoms with Crippen LogP contribution in [0.1, 0.15) is 11.5 Å². The number of nitrogens with zero attached hydrogens (tertiary/aromatic N) is 3. The second-order valence-electron chi connectivity index (χ2n) is 5.71. The van der Waals surface area contributed by atoms with Crippen molar-refractivity contribution in [3.63, 3.8) is 0 Å². The van der Waals surface area contributed by atoms with Gasteiger partial charge in [0.1, 0.15) is 5.82 Å². The lowest BCUT2D eigenvalue weighted by Crippen LogP contribution is -2.28. The number of carbonyl (C=O) groups is 1. The molecule has 0 N–H and O–H groups in total. The van der Waals surface area contributed by atoms with Crippen molar-refractivity contribution >= 4 is 17.7 Å². The molecule has 1 amide bonds. The van der Waals surface area contributed by atoms with Gasteiger partial charge in [0.25, 0.3) is 0 Å². The van der Waals surface area contributed by atoms with Gasteiger partial charge in [0.15, 0.2) is 0 Å². The zero-order valence-corrected chi connectivity index (χ0v) is 15.1. The predicted molar refractivity (Wildman–Crippen MR) is 98.8 cm³/mol. The predicted octanol–water partition coefficient (Wildman–Crippen LogP) is 3.77. The van der Waals surface area contributed by atoms with Crippen LogP contribution in [-0.4, -0.2) is 33.7 Å². The minimum atomic E-state index is -0.250. The Bertz CT molecular complexity index is 870. The summed E-state index contributed by atoms with van der Waals surface area (Å²) in [6.45, 7) is 0.235. The minimum Gasteiger partial charge on any atom is -0.337 e. The molecule has 2 aromatic carbocycles. The van der Waals surface area contributed by atoms with Gasteiger partial charge in [-0.25, -0.2) is 4.39 Å². The van der Waals surface area contributed by atoms with Gasteiger partial charge in [-0.05, 0) is 11.6 Å². The average Bonchev–Trinajstić information content (AvgIpc) is 3.12. The third kappa shape index (κ3) is 4.70. The first-order valence-corrected chi connectivity index (χ1v) is 9.22. The average molecular weight is 371 g/mol. The molecule has 0 saturated heterocycles. The summed E-state index contributed by atoms with van der Waals surface area (Å²) in [5.41, 5.74) is 1.45. The third-order valence-corrected chi connectivity index (χ3v) is 4.71. The molecule has 0 spiro atoms. The van der Waals surface area contributed by atoms with Gasteiger partial charge < -0.3 is 9.42 Å². The van der Waals surface area contributed by atoms with E-state index in [1.165, 1.54) is 22.7 Å². The van der Waals surface area contributed by atoms with E-state index in [-0.39, 0.29) is 24.0 Å². The van der Waals surface area contributed by atoms with Crippen molar-refractivity contribution in [1.82, 2.24) is 15.0 Å².